The lowest BCUT2D eigenvalue weighted by atomic mass is 9.93. The first-order valence-corrected chi connectivity index (χ1v) is 5.72. The largest absolute Gasteiger partial charge is 0.494 e. The first-order chi connectivity index (χ1) is 8.52. The van der Waals surface area contributed by atoms with Gasteiger partial charge in [-0.1, -0.05) is 12.1 Å². The summed E-state index contributed by atoms with van der Waals surface area (Å²) in [5, 5.41) is 18.3. The molecule has 1 aliphatic carbocycles. The molecule has 0 spiro atoms. The van der Waals surface area contributed by atoms with Crippen LogP contribution in [0, 0.1) is 5.92 Å². The summed E-state index contributed by atoms with van der Waals surface area (Å²) in [7, 11) is 0. The molecule has 0 amide bonds. The van der Waals surface area contributed by atoms with Crippen molar-refractivity contribution in [2.75, 3.05) is 6.61 Å². The van der Waals surface area contributed by atoms with Gasteiger partial charge in [-0.3, -0.25) is 9.59 Å². The van der Waals surface area contributed by atoms with Crippen molar-refractivity contribution in [2.24, 2.45) is 5.92 Å². The van der Waals surface area contributed by atoms with E-state index in [0.717, 1.165) is 0 Å². The highest BCUT2D eigenvalue weighted by molar-refractivity contribution is 5.94. The van der Waals surface area contributed by atoms with E-state index < -0.39 is 23.3 Å². The third kappa shape index (κ3) is 1.81. The van der Waals surface area contributed by atoms with Crippen LogP contribution in [-0.2, 0) is 15.0 Å². The Balaban J connectivity index is 2.37. The van der Waals surface area contributed by atoms with Crippen LogP contribution in [0.4, 0.5) is 0 Å². The molecule has 5 heteroatoms. The van der Waals surface area contributed by atoms with Crippen molar-refractivity contribution in [2.45, 2.75) is 18.8 Å². The highest BCUT2D eigenvalue weighted by Crippen LogP contribution is 2.55. The lowest BCUT2D eigenvalue weighted by molar-refractivity contribution is -0.145. The lowest BCUT2D eigenvalue weighted by Gasteiger charge is -2.13. The van der Waals surface area contributed by atoms with Crippen LogP contribution in [0.2, 0.25) is 0 Å². The van der Waals surface area contributed by atoms with Gasteiger partial charge < -0.3 is 14.9 Å². The van der Waals surface area contributed by atoms with E-state index in [2.05, 4.69) is 0 Å². The number of hydrogen-bond donors (Lipinski definition) is 2. The second kappa shape index (κ2) is 4.33. The number of ether oxygens (including phenoxy) is 1. The summed E-state index contributed by atoms with van der Waals surface area (Å²) >= 11 is 0. The van der Waals surface area contributed by atoms with Gasteiger partial charge in [0.15, 0.2) is 0 Å². The van der Waals surface area contributed by atoms with E-state index in [9.17, 15) is 14.7 Å². The fourth-order valence-corrected chi connectivity index (χ4v) is 2.27. The molecule has 0 aliphatic heterocycles. The van der Waals surface area contributed by atoms with Crippen LogP contribution in [0.15, 0.2) is 24.3 Å². The predicted octanol–water partition coefficient (Wildman–Crippen LogP) is 1.51. The van der Waals surface area contributed by atoms with Gasteiger partial charge >= 0.3 is 11.9 Å². The summed E-state index contributed by atoms with van der Waals surface area (Å²) in [6, 6.07) is 6.66. The Morgan fingerprint density at radius 1 is 1.44 bits per heavy atom. The van der Waals surface area contributed by atoms with Crippen molar-refractivity contribution >= 4 is 11.9 Å². The molecule has 1 saturated carbocycles. The molecule has 0 saturated heterocycles. The number of hydrogen-bond acceptors (Lipinski definition) is 3. The molecule has 1 aromatic rings. The van der Waals surface area contributed by atoms with Crippen molar-refractivity contribution < 1.29 is 24.5 Å². The highest BCUT2D eigenvalue weighted by Gasteiger charge is 2.65. The summed E-state index contributed by atoms with van der Waals surface area (Å²) in [6.07, 6.45) is 0.132. The summed E-state index contributed by atoms with van der Waals surface area (Å²) < 4.78 is 5.30. The van der Waals surface area contributed by atoms with Crippen LogP contribution in [0.1, 0.15) is 18.9 Å². The standard InChI is InChI=1S/C13H14O5/c1-2-18-9-5-3-4-8(6-9)13(12(16)17)7-10(13)11(14)15/h3-6,10H,2,7H2,1H3,(H,14,15)(H,16,17). The molecule has 1 aromatic carbocycles. The third-order valence-corrected chi connectivity index (χ3v) is 3.30. The number of rotatable bonds is 5. The minimum absolute atomic E-state index is 0.132. The molecule has 0 radical (unpaired) electrons. The van der Waals surface area contributed by atoms with Crippen molar-refractivity contribution in [3.8, 4) is 5.75 Å². The van der Waals surface area contributed by atoms with Gasteiger partial charge in [0.05, 0.1) is 12.5 Å². The fourth-order valence-electron chi connectivity index (χ4n) is 2.27. The van der Waals surface area contributed by atoms with Crippen LogP contribution in [-0.4, -0.2) is 28.8 Å². The summed E-state index contributed by atoms with van der Waals surface area (Å²) in [5.74, 6) is -2.46. The molecule has 96 valence electrons. The van der Waals surface area contributed by atoms with E-state index in [1.807, 2.05) is 6.92 Å². The maximum absolute atomic E-state index is 11.4. The zero-order valence-electron chi connectivity index (χ0n) is 9.92. The van der Waals surface area contributed by atoms with Gasteiger partial charge in [-0.15, -0.1) is 0 Å². The average Bonchev–Trinajstić information content (AvgIpc) is 3.06. The first kappa shape index (κ1) is 12.4. The topological polar surface area (TPSA) is 83.8 Å². The Bertz CT molecular complexity index is 496. The van der Waals surface area contributed by atoms with Gasteiger partial charge in [-0.2, -0.15) is 0 Å². The van der Waals surface area contributed by atoms with E-state index in [-0.39, 0.29) is 6.42 Å². The molecule has 0 aromatic heterocycles. The summed E-state index contributed by atoms with van der Waals surface area (Å²) in [4.78, 5) is 22.3. The Labute approximate surface area is 104 Å². The van der Waals surface area contributed by atoms with E-state index in [0.29, 0.717) is 17.9 Å². The first-order valence-electron chi connectivity index (χ1n) is 5.72. The smallest absolute Gasteiger partial charge is 0.315 e. The SMILES string of the molecule is CCOc1cccc(C2(C(=O)O)CC2C(=O)O)c1. The molecule has 2 rings (SSSR count). The molecular weight excluding hydrogens is 236 g/mol. The zero-order valence-corrected chi connectivity index (χ0v) is 9.92. The van der Waals surface area contributed by atoms with Crippen molar-refractivity contribution in [1.29, 1.82) is 0 Å². The number of aliphatic carboxylic acids is 2. The van der Waals surface area contributed by atoms with Crippen LogP contribution >= 0.6 is 0 Å². The highest BCUT2D eigenvalue weighted by atomic mass is 16.5. The minimum Gasteiger partial charge on any atom is -0.494 e. The van der Waals surface area contributed by atoms with Crippen LogP contribution < -0.4 is 4.74 Å². The molecule has 18 heavy (non-hydrogen) atoms. The second-order valence-corrected chi connectivity index (χ2v) is 4.33. The second-order valence-electron chi connectivity index (χ2n) is 4.33. The molecule has 2 atom stereocenters. The van der Waals surface area contributed by atoms with E-state index >= 15 is 0 Å². The molecule has 2 N–H and O–H groups in total. The normalized spacial score (nSPS) is 25.5. The quantitative estimate of drug-likeness (QED) is 0.827. The summed E-state index contributed by atoms with van der Waals surface area (Å²) in [6.45, 7) is 2.31. The maximum Gasteiger partial charge on any atom is 0.315 e. The summed E-state index contributed by atoms with van der Waals surface area (Å²) in [5.41, 5.74) is -0.799. The van der Waals surface area contributed by atoms with E-state index in [1.165, 1.54) is 0 Å². The molecular formula is C13H14O5. The minimum atomic E-state index is -1.29. The van der Waals surface area contributed by atoms with Gasteiger partial charge in [0.1, 0.15) is 11.2 Å². The van der Waals surface area contributed by atoms with Crippen molar-refractivity contribution in [1.82, 2.24) is 0 Å². The molecule has 1 fully saturated rings. The van der Waals surface area contributed by atoms with Crippen LogP contribution in [0.3, 0.4) is 0 Å². The average molecular weight is 250 g/mol. The number of carbonyl (C=O) groups is 2. The van der Waals surface area contributed by atoms with Gasteiger partial charge in [0, 0.05) is 0 Å². The molecule has 1 aliphatic rings. The van der Waals surface area contributed by atoms with E-state index in [1.54, 1.807) is 24.3 Å². The Morgan fingerprint density at radius 2 is 2.17 bits per heavy atom. The Morgan fingerprint density at radius 3 is 2.67 bits per heavy atom. The van der Waals surface area contributed by atoms with Crippen molar-refractivity contribution in [3.05, 3.63) is 29.8 Å². The maximum atomic E-state index is 11.4. The fraction of sp³-hybridized carbons (Fsp3) is 0.385. The predicted molar refractivity (Wildman–Crippen MR) is 62.7 cm³/mol. The van der Waals surface area contributed by atoms with Gasteiger partial charge in [-0.05, 0) is 31.0 Å². The number of carboxylic acid groups (broad SMARTS) is 2. The molecule has 0 bridgehead atoms. The Kier molecular flexibility index (Phi) is 2.98. The lowest BCUT2D eigenvalue weighted by Crippen LogP contribution is -2.25. The van der Waals surface area contributed by atoms with Gasteiger partial charge in [0.2, 0.25) is 0 Å². The van der Waals surface area contributed by atoms with Crippen molar-refractivity contribution in [3.63, 3.8) is 0 Å². The number of carboxylic acids is 2. The zero-order chi connectivity index (χ0) is 13.3. The van der Waals surface area contributed by atoms with Gasteiger partial charge in [0.25, 0.3) is 0 Å². The Hall–Kier alpha value is -2.04. The molecule has 2 unspecified atom stereocenters. The monoisotopic (exact) mass is 250 g/mol. The van der Waals surface area contributed by atoms with E-state index in [4.69, 9.17) is 9.84 Å². The third-order valence-electron chi connectivity index (χ3n) is 3.30. The van der Waals surface area contributed by atoms with Gasteiger partial charge in [-0.25, -0.2) is 0 Å². The van der Waals surface area contributed by atoms with Crippen LogP contribution in [0.25, 0.3) is 0 Å². The number of benzene rings is 1. The molecule has 5 nitrogen and oxygen atoms in total. The van der Waals surface area contributed by atoms with Crippen LogP contribution in [0.5, 0.6) is 5.75 Å². The molecule has 0 heterocycles.